The maximum Gasteiger partial charge on any atom is 0.169 e. The Bertz CT molecular complexity index is 607. The van der Waals surface area contributed by atoms with Crippen LogP contribution in [-0.4, -0.2) is 24.9 Å². The zero-order valence-corrected chi connectivity index (χ0v) is 11.3. The van der Waals surface area contributed by atoms with Crippen LogP contribution >= 0.6 is 11.6 Å². The van der Waals surface area contributed by atoms with Gasteiger partial charge < -0.3 is 4.74 Å². The topological polar surface area (TPSA) is 12.2 Å². The van der Waals surface area contributed by atoms with Crippen molar-refractivity contribution in [3.05, 3.63) is 46.7 Å². The third-order valence-electron chi connectivity index (χ3n) is 3.22. The van der Waals surface area contributed by atoms with Crippen LogP contribution in [0.3, 0.4) is 0 Å². The highest BCUT2D eigenvalue weighted by molar-refractivity contribution is 6.50. The van der Waals surface area contributed by atoms with Crippen molar-refractivity contribution in [1.29, 1.82) is 0 Å². The molecule has 1 aliphatic heterocycles. The SMILES string of the molecule is C[N+](C)=CC1=C2Oc3ccccc3C(Cl)=C2CC1. The number of hydrogen-bond donors (Lipinski definition) is 0. The molecule has 0 saturated carbocycles. The normalized spacial score (nSPS) is 17.3. The molecule has 1 aromatic rings. The fraction of sp³-hybridized carbons (Fsp3) is 0.267. The van der Waals surface area contributed by atoms with Crippen LogP contribution in [0.5, 0.6) is 5.75 Å². The summed E-state index contributed by atoms with van der Waals surface area (Å²) in [7, 11) is 4.04. The van der Waals surface area contributed by atoms with Crippen LogP contribution < -0.4 is 4.74 Å². The van der Waals surface area contributed by atoms with Crippen molar-refractivity contribution in [2.75, 3.05) is 14.1 Å². The van der Waals surface area contributed by atoms with Crippen LogP contribution in [0.1, 0.15) is 18.4 Å². The highest BCUT2D eigenvalue weighted by atomic mass is 35.5. The summed E-state index contributed by atoms with van der Waals surface area (Å²) in [5, 5.41) is 0.842. The lowest BCUT2D eigenvalue weighted by molar-refractivity contribution is -0.459. The Morgan fingerprint density at radius 2 is 2.00 bits per heavy atom. The van der Waals surface area contributed by atoms with Gasteiger partial charge in [0.2, 0.25) is 0 Å². The van der Waals surface area contributed by atoms with Gasteiger partial charge in [0.25, 0.3) is 0 Å². The second kappa shape index (κ2) is 4.29. The van der Waals surface area contributed by atoms with Crippen LogP contribution in [0.25, 0.3) is 5.03 Å². The zero-order chi connectivity index (χ0) is 12.7. The standard InChI is InChI=1S/C15H15ClNO/c1-17(2)9-10-7-8-12-14(16)11-5-3-4-6-13(11)18-15(10)12/h3-6,9H,7-8H2,1-2H3/q+1. The van der Waals surface area contributed by atoms with Crippen LogP contribution in [0.15, 0.2) is 41.2 Å². The van der Waals surface area contributed by atoms with Gasteiger partial charge in [-0.1, -0.05) is 23.7 Å². The highest BCUT2D eigenvalue weighted by Gasteiger charge is 2.30. The number of para-hydroxylation sites is 1. The minimum absolute atomic E-state index is 0.842. The molecule has 18 heavy (non-hydrogen) atoms. The van der Waals surface area contributed by atoms with Gasteiger partial charge in [-0.2, -0.15) is 0 Å². The molecule has 0 amide bonds. The number of nitrogens with zero attached hydrogens (tertiary/aromatic N) is 1. The summed E-state index contributed by atoms with van der Waals surface area (Å²) in [5.74, 6) is 1.81. The van der Waals surface area contributed by atoms with Gasteiger partial charge in [-0.15, -0.1) is 0 Å². The number of benzene rings is 1. The van der Waals surface area contributed by atoms with E-state index in [0.717, 1.165) is 40.5 Å². The maximum atomic E-state index is 6.49. The molecule has 0 saturated heterocycles. The Labute approximate surface area is 112 Å². The van der Waals surface area contributed by atoms with E-state index in [1.807, 2.05) is 42.9 Å². The van der Waals surface area contributed by atoms with Gasteiger partial charge >= 0.3 is 0 Å². The number of hydrogen-bond acceptors (Lipinski definition) is 1. The summed E-state index contributed by atoms with van der Waals surface area (Å²) < 4.78 is 8.06. The average Bonchev–Trinajstić information content (AvgIpc) is 2.73. The van der Waals surface area contributed by atoms with E-state index in [1.54, 1.807) is 0 Å². The average molecular weight is 261 g/mol. The first-order valence-electron chi connectivity index (χ1n) is 6.07. The molecule has 0 bridgehead atoms. The van der Waals surface area contributed by atoms with E-state index in [2.05, 4.69) is 6.21 Å². The van der Waals surface area contributed by atoms with E-state index >= 15 is 0 Å². The van der Waals surface area contributed by atoms with E-state index in [1.165, 1.54) is 5.57 Å². The first-order chi connectivity index (χ1) is 8.66. The molecule has 0 atom stereocenters. The Morgan fingerprint density at radius 3 is 2.78 bits per heavy atom. The van der Waals surface area contributed by atoms with Crippen molar-refractivity contribution in [3.63, 3.8) is 0 Å². The predicted molar refractivity (Wildman–Crippen MR) is 74.3 cm³/mol. The minimum atomic E-state index is 0.842. The summed E-state index contributed by atoms with van der Waals surface area (Å²) in [5.41, 5.74) is 3.37. The molecular weight excluding hydrogens is 246 g/mol. The summed E-state index contributed by atoms with van der Waals surface area (Å²) >= 11 is 6.49. The molecule has 0 N–H and O–H groups in total. The Hall–Kier alpha value is -1.54. The molecule has 2 nitrogen and oxygen atoms in total. The molecule has 2 aliphatic rings. The molecule has 0 radical (unpaired) electrons. The lowest BCUT2D eigenvalue weighted by Crippen LogP contribution is -2.08. The molecule has 1 aromatic carbocycles. The summed E-state index contributed by atoms with van der Waals surface area (Å²) in [6.07, 6.45) is 4.07. The molecule has 3 rings (SSSR count). The third-order valence-corrected chi connectivity index (χ3v) is 3.66. The van der Waals surface area contributed by atoms with Gasteiger partial charge in [-0.05, 0) is 25.0 Å². The first-order valence-corrected chi connectivity index (χ1v) is 6.45. The van der Waals surface area contributed by atoms with Crippen molar-refractivity contribution in [2.24, 2.45) is 0 Å². The second-order valence-corrected chi connectivity index (χ2v) is 5.22. The van der Waals surface area contributed by atoms with Crippen LogP contribution in [0.4, 0.5) is 0 Å². The van der Waals surface area contributed by atoms with Crippen LogP contribution in [0, 0.1) is 0 Å². The quantitative estimate of drug-likeness (QED) is 0.557. The molecule has 0 unspecified atom stereocenters. The van der Waals surface area contributed by atoms with E-state index in [9.17, 15) is 0 Å². The van der Waals surface area contributed by atoms with Crippen molar-refractivity contribution in [2.45, 2.75) is 12.8 Å². The summed E-state index contributed by atoms with van der Waals surface area (Å²) in [4.78, 5) is 0. The minimum Gasteiger partial charge on any atom is -0.456 e. The number of fused-ring (bicyclic) bond motifs is 2. The first kappa shape index (κ1) is 11.5. The number of ether oxygens (including phenoxy) is 1. The monoisotopic (exact) mass is 260 g/mol. The van der Waals surface area contributed by atoms with Gasteiger partial charge in [0.1, 0.15) is 25.6 Å². The van der Waals surface area contributed by atoms with Gasteiger partial charge in [-0.25, -0.2) is 4.58 Å². The zero-order valence-electron chi connectivity index (χ0n) is 10.5. The second-order valence-electron chi connectivity index (χ2n) is 4.84. The molecular formula is C15H15ClNO+. The van der Waals surface area contributed by atoms with Crippen LogP contribution in [0.2, 0.25) is 0 Å². The molecule has 0 aromatic heterocycles. The van der Waals surface area contributed by atoms with Gasteiger partial charge in [0.15, 0.2) is 6.21 Å². The Morgan fingerprint density at radius 1 is 1.22 bits per heavy atom. The van der Waals surface area contributed by atoms with Gasteiger partial charge in [0.05, 0.1) is 10.6 Å². The summed E-state index contributed by atoms with van der Waals surface area (Å²) in [6, 6.07) is 7.93. The summed E-state index contributed by atoms with van der Waals surface area (Å²) in [6.45, 7) is 0. The van der Waals surface area contributed by atoms with E-state index < -0.39 is 0 Å². The lowest BCUT2D eigenvalue weighted by atomic mass is 10.1. The predicted octanol–water partition coefficient (Wildman–Crippen LogP) is 3.42. The Balaban J connectivity index is 2.17. The van der Waals surface area contributed by atoms with Gasteiger partial charge in [-0.3, -0.25) is 0 Å². The smallest absolute Gasteiger partial charge is 0.169 e. The maximum absolute atomic E-state index is 6.49. The van der Waals surface area contributed by atoms with Crippen molar-refractivity contribution in [1.82, 2.24) is 0 Å². The molecule has 0 spiro atoms. The molecule has 3 heteroatoms. The van der Waals surface area contributed by atoms with E-state index in [-0.39, 0.29) is 0 Å². The molecule has 1 heterocycles. The fourth-order valence-corrected chi connectivity index (χ4v) is 2.80. The molecule has 1 aliphatic carbocycles. The van der Waals surface area contributed by atoms with Crippen molar-refractivity contribution < 1.29 is 9.31 Å². The lowest BCUT2D eigenvalue weighted by Gasteiger charge is -2.20. The number of rotatable bonds is 1. The van der Waals surface area contributed by atoms with Crippen molar-refractivity contribution >= 4 is 22.8 Å². The van der Waals surface area contributed by atoms with Crippen LogP contribution in [-0.2, 0) is 0 Å². The van der Waals surface area contributed by atoms with Gasteiger partial charge in [0, 0.05) is 11.1 Å². The van der Waals surface area contributed by atoms with Crippen molar-refractivity contribution in [3.8, 4) is 5.75 Å². The number of halogens is 1. The molecule has 0 fully saturated rings. The molecule has 92 valence electrons. The largest absolute Gasteiger partial charge is 0.456 e. The fourth-order valence-electron chi connectivity index (χ4n) is 2.46. The third kappa shape index (κ3) is 1.77. The van der Waals surface area contributed by atoms with E-state index in [0.29, 0.717) is 0 Å². The Kier molecular flexibility index (Phi) is 2.75. The highest BCUT2D eigenvalue weighted by Crippen LogP contribution is 2.45. The number of allylic oxidation sites excluding steroid dienone is 2. The van der Waals surface area contributed by atoms with E-state index in [4.69, 9.17) is 16.3 Å².